The number of urea groups is 1. The standard InChI is InChI=1S/C29H24Cl4N2O2.C11H18N2O2S/c1-34-27(15-18-5-3-2-4-6-18)29(37)35-16-21(11-19-7-9-23(30)25(32)13-19)28(36)22(17-35)12-20-8-10-24(31)26(33)14-20;1-7(14)4-2-3-5-9-10-8(6-16-9)12-11(15)13-10/h2-14,27,34H,15-17H2,1H3;8-10H,2-6H2,1H3,(H2,12,13,15)/b21-11+,22-12+;/t27-;8?,9-,10?/m10/s1. The van der Waals surface area contributed by atoms with E-state index in [9.17, 15) is 19.2 Å². The van der Waals surface area contributed by atoms with Gasteiger partial charge in [-0.2, -0.15) is 11.8 Å². The van der Waals surface area contributed by atoms with Crippen LogP contribution in [-0.2, 0) is 20.8 Å². The van der Waals surface area contributed by atoms with Gasteiger partial charge in [-0.3, -0.25) is 9.59 Å². The number of nitrogens with one attached hydrogen (secondary N) is 3. The summed E-state index contributed by atoms with van der Waals surface area (Å²) in [5, 5.41) is 11.2. The van der Waals surface area contributed by atoms with Gasteiger partial charge < -0.3 is 25.6 Å². The summed E-state index contributed by atoms with van der Waals surface area (Å²) in [6.45, 7) is 1.98. The van der Waals surface area contributed by atoms with Crippen LogP contribution in [0.3, 0.4) is 0 Å². The van der Waals surface area contributed by atoms with Crippen LogP contribution in [0.4, 0.5) is 4.79 Å². The summed E-state index contributed by atoms with van der Waals surface area (Å²) in [4.78, 5) is 50.8. The molecule has 0 aliphatic carbocycles. The molecule has 0 radical (unpaired) electrons. The number of nitrogens with zero attached hydrogens (tertiary/aromatic N) is 1. The molecular formula is C40H42Cl4N4O4S. The van der Waals surface area contributed by atoms with E-state index in [1.807, 2.05) is 42.1 Å². The first-order valence-electron chi connectivity index (χ1n) is 17.5. The van der Waals surface area contributed by atoms with E-state index in [2.05, 4.69) is 16.0 Å². The zero-order chi connectivity index (χ0) is 38.1. The molecule has 3 fully saturated rings. The van der Waals surface area contributed by atoms with E-state index < -0.39 is 6.04 Å². The van der Waals surface area contributed by atoms with Crippen molar-refractivity contribution in [1.82, 2.24) is 20.9 Å². The second kappa shape index (κ2) is 19.3. The van der Waals surface area contributed by atoms with Gasteiger partial charge >= 0.3 is 6.03 Å². The number of Topliss-reactive ketones (excluding diaryl/α,β-unsaturated/α-hetero) is 2. The second-order valence-corrected chi connectivity index (χ2v) is 16.2. The molecule has 0 spiro atoms. The predicted molar refractivity (Wildman–Crippen MR) is 218 cm³/mol. The maximum Gasteiger partial charge on any atom is 0.315 e. The number of piperidine rings is 1. The van der Waals surface area contributed by atoms with E-state index in [0.717, 1.165) is 41.7 Å². The Morgan fingerprint density at radius 1 is 0.868 bits per heavy atom. The van der Waals surface area contributed by atoms with Gasteiger partial charge in [0.15, 0.2) is 5.78 Å². The number of thioether (sulfide) groups is 1. The minimum absolute atomic E-state index is 0.0240. The van der Waals surface area contributed by atoms with Crippen molar-refractivity contribution in [2.45, 2.75) is 62.4 Å². The molecule has 0 bridgehead atoms. The molecule has 3 aromatic rings. The lowest BCUT2D eigenvalue weighted by Crippen LogP contribution is -2.50. The highest BCUT2D eigenvalue weighted by Crippen LogP contribution is 2.33. The number of amides is 3. The van der Waals surface area contributed by atoms with Gasteiger partial charge in [-0.1, -0.05) is 95.3 Å². The van der Waals surface area contributed by atoms with Crippen molar-refractivity contribution in [3.05, 3.63) is 115 Å². The van der Waals surface area contributed by atoms with Crippen molar-refractivity contribution in [1.29, 1.82) is 0 Å². The first-order chi connectivity index (χ1) is 25.4. The maximum absolute atomic E-state index is 13.7. The summed E-state index contributed by atoms with van der Waals surface area (Å²) < 4.78 is 0. The minimum Gasteiger partial charge on any atom is -0.332 e. The number of carbonyl (C=O) groups excluding carboxylic acids is 4. The molecule has 6 rings (SSSR count). The summed E-state index contributed by atoms with van der Waals surface area (Å²) in [6, 6.07) is 20.3. The Kier molecular flexibility index (Phi) is 14.9. The molecule has 0 saturated carbocycles. The quantitative estimate of drug-likeness (QED) is 0.102. The van der Waals surface area contributed by atoms with E-state index >= 15 is 0 Å². The van der Waals surface area contributed by atoms with Crippen LogP contribution in [0.1, 0.15) is 49.3 Å². The van der Waals surface area contributed by atoms with Crippen molar-refractivity contribution in [2.75, 3.05) is 25.9 Å². The van der Waals surface area contributed by atoms with E-state index in [-0.39, 0.29) is 36.6 Å². The molecule has 3 amide bonds. The molecule has 3 heterocycles. The lowest BCUT2D eigenvalue weighted by molar-refractivity contribution is -0.133. The number of likely N-dealkylation sites (N-methyl/N-ethyl adjacent to an activating group) is 1. The SMILES string of the molecule is CC(=O)CCCC[C@@H]1SCC2NC(=O)NC21.CN[C@H](Cc1ccccc1)C(=O)N1C/C(=C\c2ccc(Cl)c(Cl)c2)C(=O)/C(=C/c2ccc(Cl)c(Cl)c2)C1. The number of unbranched alkanes of at least 4 members (excludes halogenated alkanes) is 1. The van der Waals surface area contributed by atoms with Crippen LogP contribution in [0.15, 0.2) is 77.9 Å². The Labute approximate surface area is 335 Å². The topological polar surface area (TPSA) is 108 Å². The summed E-state index contributed by atoms with van der Waals surface area (Å²) >= 11 is 26.4. The van der Waals surface area contributed by atoms with E-state index in [1.165, 1.54) is 0 Å². The fraction of sp³-hybridized carbons (Fsp3) is 0.350. The number of likely N-dealkylation sites (tertiary alicyclic amines) is 1. The molecule has 3 N–H and O–H groups in total. The number of ketones is 2. The fourth-order valence-electron chi connectivity index (χ4n) is 6.55. The maximum atomic E-state index is 13.7. The van der Waals surface area contributed by atoms with Crippen molar-refractivity contribution in [3.8, 4) is 0 Å². The average Bonchev–Trinajstić information content (AvgIpc) is 3.69. The largest absolute Gasteiger partial charge is 0.332 e. The van der Waals surface area contributed by atoms with Crippen LogP contribution in [0.2, 0.25) is 20.1 Å². The van der Waals surface area contributed by atoms with Gasteiger partial charge in [0.1, 0.15) is 5.78 Å². The summed E-state index contributed by atoms with van der Waals surface area (Å²) in [5.41, 5.74) is 3.42. The van der Waals surface area contributed by atoms with Gasteiger partial charge in [-0.25, -0.2) is 4.79 Å². The Morgan fingerprint density at radius 2 is 1.47 bits per heavy atom. The minimum atomic E-state index is -0.451. The molecule has 0 aromatic heterocycles. The summed E-state index contributed by atoms with van der Waals surface area (Å²) in [5.74, 6) is 1.04. The van der Waals surface area contributed by atoms with Crippen LogP contribution in [-0.4, -0.2) is 77.7 Å². The van der Waals surface area contributed by atoms with Gasteiger partial charge in [-0.15, -0.1) is 0 Å². The number of fused-ring (bicyclic) bond motifs is 1. The number of halogens is 4. The highest BCUT2D eigenvalue weighted by molar-refractivity contribution is 8.00. The highest BCUT2D eigenvalue weighted by Gasteiger charge is 2.42. The average molecular weight is 817 g/mol. The third-order valence-electron chi connectivity index (χ3n) is 9.32. The Balaban J connectivity index is 0.000000281. The molecule has 280 valence electrons. The summed E-state index contributed by atoms with van der Waals surface area (Å²) in [7, 11) is 1.76. The molecule has 53 heavy (non-hydrogen) atoms. The molecule has 3 aliphatic rings. The predicted octanol–water partition coefficient (Wildman–Crippen LogP) is 8.31. The molecule has 3 saturated heterocycles. The molecule has 2 unspecified atom stereocenters. The van der Waals surface area contributed by atoms with Crippen LogP contribution in [0, 0.1) is 0 Å². The van der Waals surface area contributed by atoms with Crippen molar-refractivity contribution in [3.63, 3.8) is 0 Å². The normalized spacial score (nSPS) is 21.5. The fourth-order valence-corrected chi connectivity index (χ4v) is 8.70. The van der Waals surface area contributed by atoms with Crippen LogP contribution >= 0.6 is 58.2 Å². The first-order valence-corrected chi connectivity index (χ1v) is 20.0. The number of hydrogen-bond donors (Lipinski definition) is 3. The number of carbonyl (C=O) groups is 4. The third kappa shape index (κ3) is 11.4. The monoisotopic (exact) mass is 814 g/mol. The molecule has 8 nitrogen and oxygen atoms in total. The van der Waals surface area contributed by atoms with E-state index in [0.29, 0.717) is 61.4 Å². The molecule has 13 heteroatoms. The Bertz CT molecular complexity index is 1820. The lowest BCUT2D eigenvalue weighted by Gasteiger charge is -2.33. The van der Waals surface area contributed by atoms with Gasteiger partial charge in [0.2, 0.25) is 5.91 Å². The van der Waals surface area contributed by atoms with Crippen molar-refractivity contribution >= 4 is 93.8 Å². The molecule has 3 aliphatic heterocycles. The Morgan fingerprint density at radius 3 is 2.02 bits per heavy atom. The number of benzene rings is 3. The Hall–Kier alpha value is -3.31. The zero-order valence-electron chi connectivity index (χ0n) is 29.5. The van der Waals surface area contributed by atoms with Gasteiger partial charge in [0.05, 0.1) is 38.2 Å². The lowest BCUT2D eigenvalue weighted by atomic mass is 9.93. The van der Waals surface area contributed by atoms with Crippen LogP contribution in [0.5, 0.6) is 0 Å². The van der Waals surface area contributed by atoms with Crippen molar-refractivity contribution < 1.29 is 19.2 Å². The van der Waals surface area contributed by atoms with E-state index in [1.54, 1.807) is 67.4 Å². The smallest absolute Gasteiger partial charge is 0.315 e. The highest BCUT2D eigenvalue weighted by atomic mass is 35.5. The molecule has 4 atom stereocenters. The van der Waals surface area contributed by atoms with Crippen molar-refractivity contribution in [2.24, 2.45) is 0 Å². The number of hydrogen-bond acceptors (Lipinski definition) is 6. The first kappa shape index (κ1) is 40.9. The van der Waals surface area contributed by atoms with E-state index in [4.69, 9.17) is 46.4 Å². The molecule has 3 aromatic carbocycles. The van der Waals surface area contributed by atoms with Gasteiger partial charge in [0.25, 0.3) is 0 Å². The van der Waals surface area contributed by atoms with Gasteiger partial charge in [0, 0.05) is 41.7 Å². The zero-order valence-corrected chi connectivity index (χ0v) is 33.3. The second-order valence-electron chi connectivity index (χ2n) is 13.3. The van der Waals surface area contributed by atoms with Crippen LogP contribution < -0.4 is 16.0 Å². The van der Waals surface area contributed by atoms with Gasteiger partial charge in [-0.05, 0) is 86.3 Å². The van der Waals surface area contributed by atoms with Crippen LogP contribution in [0.25, 0.3) is 12.2 Å². The number of rotatable bonds is 11. The third-order valence-corrected chi connectivity index (χ3v) is 12.3. The summed E-state index contributed by atoms with van der Waals surface area (Å²) in [6.07, 6.45) is 7.87. The molecular weight excluding hydrogens is 774 g/mol.